The van der Waals surface area contributed by atoms with Gasteiger partial charge in [-0.2, -0.15) is 5.10 Å². The van der Waals surface area contributed by atoms with Crippen molar-refractivity contribution in [1.29, 1.82) is 0 Å². The lowest BCUT2D eigenvalue weighted by Gasteiger charge is -2.45. The first-order valence-electron chi connectivity index (χ1n) is 8.30. The molecule has 3 heterocycles. The van der Waals surface area contributed by atoms with Crippen molar-refractivity contribution < 1.29 is 4.74 Å². The van der Waals surface area contributed by atoms with Gasteiger partial charge in [0.1, 0.15) is 0 Å². The van der Waals surface area contributed by atoms with E-state index < -0.39 is 0 Å². The van der Waals surface area contributed by atoms with Gasteiger partial charge in [-0.25, -0.2) is 0 Å². The number of ether oxygens (including phenoxy) is 1. The van der Waals surface area contributed by atoms with E-state index in [0.717, 1.165) is 44.4 Å². The summed E-state index contributed by atoms with van der Waals surface area (Å²) >= 11 is 0. The first-order valence-corrected chi connectivity index (χ1v) is 8.30. The highest BCUT2D eigenvalue weighted by Gasteiger charge is 2.32. The van der Waals surface area contributed by atoms with E-state index in [-0.39, 0.29) is 5.41 Å². The van der Waals surface area contributed by atoms with Gasteiger partial charge < -0.3 is 9.64 Å². The van der Waals surface area contributed by atoms with Crippen LogP contribution in [0.15, 0.2) is 12.1 Å². The smallest absolute Gasteiger partial charge is 0.151 e. The second-order valence-electron chi connectivity index (χ2n) is 7.75. The van der Waals surface area contributed by atoms with Gasteiger partial charge >= 0.3 is 0 Å². The summed E-state index contributed by atoms with van der Waals surface area (Å²) in [5.41, 5.74) is 1.11. The molecule has 2 aliphatic heterocycles. The topological polar surface area (TPSA) is 41.5 Å². The molecule has 122 valence electrons. The lowest BCUT2D eigenvalue weighted by molar-refractivity contribution is 0.149. The van der Waals surface area contributed by atoms with Gasteiger partial charge in [-0.15, -0.1) is 5.10 Å². The second kappa shape index (κ2) is 6.13. The van der Waals surface area contributed by atoms with Gasteiger partial charge in [0.15, 0.2) is 5.82 Å². The zero-order valence-corrected chi connectivity index (χ0v) is 14.2. The Morgan fingerprint density at radius 2 is 2.05 bits per heavy atom. The Morgan fingerprint density at radius 1 is 1.27 bits per heavy atom. The molecule has 0 radical (unpaired) electrons. The minimum Gasteiger partial charge on any atom is -0.381 e. The Labute approximate surface area is 133 Å². The van der Waals surface area contributed by atoms with E-state index in [2.05, 4.69) is 59.9 Å². The summed E-state index contributed by atoms with van der Waals surface area (Å²) in [7, 11) is 2.23. The summed E-state index contributed by atoms with van der Waals surface area (Å²) in [5, 5.41) is 8.79. The van der Waals surface area contributed by atoms with Gasteiger partial charge in [0.25, 0.3) is 0 Å². The molecule has 22 heavy (non-hydrogen) atoms. The Balaban J connectivity index is 1.50. The molecule has 0 bridgehead atoms. The molecule has 0 saturated carbocycles. The van der Waals surface area contributed by atoms with Gasteiger partial charge in [0.2, 0.25) is 0 Å². The van der Waals surface area contributed by atoms with Gasteiger partial charge in [-0.3, -0.25) is 4.90 Å². The van der Waals surface area contributed by atoms with Crippen molar-refractivity contribution in [3.8, 4) is 0 Å². The monoisotopic (exact) mass is 304 g/mol. The van der Waals surface area contributed by atoms with Crippen LogP contribution >= 0.6 is 0 Å². The molecule has 2 fully saturated rings. The number of hydrogen-bond acceptors (Lipinski definition) is 5. The van der Waals surface area contributed by atoms with E-state index in [4.69, 9.17) is 4.74 Å². The average molecular weight is 304 g/mol. The second-order valence-corrected chi connectivity index (χ2v) is 7.75. The molecule has 0 aliphatic carbocycles. The zero-order valence-electron chi connectivity index (χ0n) is 14.2. The van der Waals surface area contributed by atoms with Crippen molar-refractivity contribution in [2.75, 3.05) is 44.8 Å². The third kappa shape index (κ3) is 3.41. The van der Waals surface area contributed by atoms with E-state index in [0.29, 0.717) is 12.0 Å². The van der Waals surface area contributed by atoms with Crippen LogP contribution in [-0.4, -0.2) is 61.0 Å². The predicted octanol–water partition coefficient (Wildman–Crippen LogP) is 1.93. The summed E-state index contributed by atoms with van der Waals surface area (Å²) in [6, 6.07) is 4.84. The molecule has 0 spiro atoms. The van der Waals surface area contributed by atoms with Crippen LogP contribution in [0.25, 0.3) is 0 Å². The molecule has 0 N–H and O–H groups in total. The maximum absolute atomic E-state index is 5.46. The summed E-state index contributed by atoms with van der Waals surface area (Å²) < 4.78 is 5.46. The Bertz CT molecular complexity index is 484. The molecule has 1 unspecified atom stereocenters. The summed E-state index contributed by atoms with van der Waals surface area (Å²) in [5.74, 6) is 1.71. The lowest BCUT2D eigenvalue weighted by atomic mass is 9.92. The maximum atomic E-state index is 5.46. The zero-order chi connectivity index (χ0) is 15.7. The Hall–Kier alpha value is -1.20. The molecule has 3 rings (SSSR count). The van der Waals surface area contributed by atoms with Crippen LogP contribution in [0.3, 0.4) is 0 Å². The molecule has 0 amide bonds. The van der Waals surface area contributed by atoms with Gasteiger partial charge in [-0.1, -0.05) is 20.8 Å². The first kappa shape index (κ1) is 15.7. The molecule has 1 aromatic rings. The third-order valence-corrected chi connectivity index (χ3v) is 4.80. The molecule has 2 saturated heterocycles. The normalized spacial score (nSPS) is 23.1. The fourth-order valence-electron chi connectivity index (χ4n) is 3.10. The summed E-state index contributed by atoms with van der Waals surface area (Å²) in [6.45, 7) is 11.6. The van der Waals surface area contributed by atoms with Crippen molar-refractivity contribution in [3.63, 3.8) is 0 Å². The molecular formula is C17H28N4O. The standard InChI is InChI=1S/C17H28N4O/c1-17(2,3)15-5-6-16(19-18-15)21-10-14(11-21)20(4)9-13-7-8-22-12-13/h5-6,13-14H,7-12H2,1-4H3. The average Bonchev–Trinajstić information content (AvgIpc) is 2.89. The fourth-order valence-corrected chi connectivity index (χ4v) is 3.10. The molecule has 1 atom stereocenters. The van der Waals surface area contributed by atoms with Gasteiger partial charge in [0, 0.05) is 37.7 Å². The van der Waals surface area contributed by atoms with E-state index in [1.165, 1.54) is 6.42 Å². The van der Waals surface area contributed by atoms with Crippen LogP contribution in [-0.2, 0) is 10.2 Å². The van der Waals surface area contributed by atoms with Crippen LogP contribution in [0.1, 0.15) is 32.9 Å². The Morgan fingerprint density at radius 3 is 2.59 bits per heavy atom. The van der Waals surface area contributed by atoms with Gasteiger partial charge in [0.05, 0.1) is 12.3 Å². The van der Waals surface area contributed by atoms with Crippen molar-refractivity contribution in [2.45, 2.75) is 38.6 Å². The highest BCUT2D eigenvalue weighted by molar-refractivity contribution is 5.42. The van der Waals surface area contributed by atoms with Crippen molar-refractivity contribution in [3.05, 3.63) is 17.8 Å². The van der Waals surface area contributed by atoms with Crippen LogP contribution in [0.4, 0.5) is 5.82 Å². The van der Waals surface area contributed by atoms with Crippen molar-refractivity contribution in [2.24, 2.45) is 5.92 Å². The van der Waals surface area contributed by atoms with Crippen LogP contribution in [0.5, 0.6) is 0 Å². The SMILES string of the molecule is CN(CC1CCOC1)C1CN(c2ccc(C(C)(C)C)nn2)C1. The molecule has 5 nitrogen and oxygen atoms in total. The summed E-state index contributed by atoms with van der Waals surface area (Å²) in [6.07, 6.45) is 1.21. The van der Waals surface area contributed by atoms with Crippen LogP contribution < -0.4 is 4.90 Å². The quantitative estimate of drug-likeness (QED) is 0.850. The molecule has 1 aromatic heterocycles. The maximum Gasteiger partial charge on any atom is 0.151 e. The minimum absolute atomic E-state index is 0.0621. The molecule has 2 aliphatic rings. The number of rotatable bonds is 4. The lowest BCUT2D eigenvalue weighted by Crippen LogP contribution is -2.59. The Kier molecular flexibility index (Phi) is 4.37. The van der Waals surface area contributed by atoms with E-state index in [1.54, 1.807) is 0 Å². The first-order chi connectivity index (χ1) is 10.4. The van der Waals surface area contributed by atoms with E-state index in [1.807, 2.05) is 0 Å². The molecule has 0 aromatic carbocycles. The predicted molar refractivity (Wildman–Crippen MR) is 88.3 cm³/mol. The number of nitrogens with zero attached hydrogens (tertiary/aromatic N) is 4. The van der Waals surface area contributed by atoms with Crippen LogP contribution in [0, 0.1) is 5.92 Å². The van der Waals surface area contributed by atoms with Crippen LogP contribution in [0.2, 0.25) is 0 Å². The highest BCUT2D eigenvalue weighted by Crippen LogP contribution is 2.25. The number of likely N-dealkylation sites (N-methyl/N-ethyl adjacent to an activating group) is 1. The fraction of sp³-hybridized carbons (Fsp3) is 0.765. The number of aromatic nitrogens is 2. The molecular weight excluding hydrogens is 276 g/mol. The minimum atomic E-state index is 0.0621. The van der Waals surface area contributed by atoms with Crippen molar-refractivity contribution in [1.82, 2.24) is 15.1 Å². The molecule has 5 heteroatoms. The third-order valence-electron chi connectivity index (χ3n) is 4.80. The number of anilines is 1. The highest BCUT2D eigenvalue weighted by atomic mass is 16.5. The van der Waals surface area contributed by atoms with E-state index in [9.17, 15) is 0 Å². The van der Waals surface area contributed by atoms with E-state index >= 15 is 0 Å². The number of hydrogen-bond donors (Lipinski definition) is 0. The van der Waals surface area contributed by atoms with Gasteiger partial charge in [-0.05, 0) is 31.5 Å². The summed E-state index contributed by atoms with van der Waals surface area (Å²) in [4.78, 5) is 4.79. The van der Waals surface area contributed by atoms with Crippen molar-refractivity contribution >= 4 is 5.82 Å². The largest absolute Gasteiger partial charge is 0.381 e.